The lowest BCUT2D eigenvalue weighted by molar-refractivity contribution is 1.15. The fourth-order valence-electron chi connectivity index (χ4n) is 8.56. The predicted molar refractivity (Wildman–Crippen MR) is 246 cm³/mol. The van der Waals surface area contributed by atoms with Gasteiger partial charge in [0.1, 0.15) is 5.52 Å². The topological polar surface area (TPSA) is 30.7 Å². The average Bonchev–Trinajstić information content (AvgIpc) is 3.66. The van der Waals surface area contributed by atoms with Crippen LogP contribution >= 0.6 is 0 Å². The molecule has 2 aromatic heterocycles. The third kappa shape index (κ3) is 6.26. The molecular weight excluding hydrogens is 715 g/mol. The predicted octanol–water partition coefficient (Wildman–Crippen LogP) is 14.7. The Bertz CT molecular complexity index is 3310. The van der Waals surface area contributed by atoms with E-state index in [1.165, 1.54) is 38.6 Å². The van der Waals surface area contributed by atoms with Crippen molar-refractivity contribution in [3.63, 3.8) is 0 Å². The summed E-state index contributed by atoms with van der Waals surface area (Å²) in [6.45, 7) is 0. The zero-order chi connectivity index (χ0) is 39.1. The lowest BCUT2D eigenvalue weighted by Crippen LogP contribution is -1.99. The van der Waals surface area contributed by atoms with E-state index in [4.69, 9.17) is 9.97 Å². The molecule has 0 N–H and O–H groups in total. The van der Waals surface area contributed by atoms with Gasteiger partial charge in [0.25, 0.3) is 0 Å². The molecule has 0 spiro atoms. The van der Waals surface area contributed by atoms with Gasteiger partial charge >= 0.3 is 0 Å². The van der Waals surface area contributed by atoms with Crippen molar-refractivity contribution in [1.29, 1.82) is 0 Å². The molecule has 3 heteroatoms. The Balaban J connectivity index is 1.05. The second kappa shape index (κ2) is 14.6. The van der Waals surface area contributed by atoms with E-state index >= 15 is 0 Å². The molecule has 3 nitrogen and oxygen atoms in total. The molecule has 0 unspecified atom stereocenters. The minimum absolute atomic E-state index is 0.695. The van der Waals surface area contributed by atoms with Gasteiger partial charge in [-0.2, -0.15) is 0 Å². The summed E-state index contributed by atoms with van der Waals surface area (Å²) in [4.78, 5) is 10.8. The fourth-order valence-corrected chi connectivity index (χ4v) is 8.56. The summed E-state index contributed by atoms with van der Waals surface area (Å²) >= 11 is 0. The quantitative estimate of drug-likeness (QED) is 0.162. The van der Waals surface area contributed by atoms with Crippen molar-refractivity contribution in [2.45, 2.75) is 0 Å². The molecule has 0 saturated carbocycles. The van der Waals surface area contributed by atoms with Gasteiger partial charge in [0.05, 0.1) is 16.7 Å². The van der Waals surface area contributed by atoms with Gasteiger partial charge in [-0.05, 0) is 104 Å². The number of para-hydroxylation sites is 2. The lowest BCUT2D eigenvalue weighted by Gasteiger charge is -2.14. The Morgan fingerprint density at radius 1 is 0.322 bits per heavy atom. The summed E-state index contributed by atoms with van der Waals surface area (Å²) in [6, 6.07) is 79.9. The SMILES string of the molecule is c1ccc(-c2cc(-c3cccc(-c4cccc(-c5nc(-c6ccccc6)c6c(n5)c5ccccc5n6-c5ccccc5)c4)c3)cc(-c3cccc4ccccc34)c2)cc1. The molecule has 9 aromatic carbocycles. The molecule has 11 aromatic rings. The van der Waals surface area contributed by atoms with Gasteiger partial charge in [0, 0.05) is 22.2 Å². The molecule has 0 radical (unpaired) electrons. The van der Waals surface area contributed by atoms with Gasteiger partial charge in [-0.15, -0.1) is 0 Å². The molecule has 0 saturated heterocycles. The monoisotopic (exact) mass is 751 g/mol. The number of benzene rings is 9. The van der Waals surface area contributed by atoms with E-state index in [9.17, 15) is 0 Å². The number of hydrogen-bond donors (Lipinski definition) is 0. The minimum atomic E-state index is 0.695. The molecule has 59 heavy (non-hydrogen) atoms. The van der Waals surface area contributed by atoms with E-state index in [1.54, 1.807) is 0 Å². The van der Waals surface area contributed by atoms with Crippen LogP contribution in [0.15, 0.2) is 224 Å². The van der Waals surface area contributed by atoms with Crippen molar-refractivity contribution >= 4 is 32.7 Å². The number of hydrogen-bond acceptors (Lipinski definition) is 2. The van der Waals surface area contributed by atoms with Gasteiger partial charge in [0.15, 0.2) is 5.82 Å². The number of fused-ring (bicyclic) bond motifs is 4. The van der Waals surface area contributed by atoms with Crippen LogP contribution in [0.4, 0.5) is 0 Å². The Kier molecular flexibility index (Phi) is 8.49. The van der Waals surface area contributed by atoms with Crippen molar-refractivity contribution in [2.75, 3.05) is 0 Å². The molecule has 276 valence electrons. The molecule has 0 aliphatic rings. The summed E-state index contributed by atoms with van der Waals surface area (Å²) < 4.78 is 2.30. The van der Waals surface area contributed by atoms with E-state index in [1.807, 2.05) is 0 Å². The third-order valence-corrected chi connectivity index (χ3v) is 11.4. The highest BCUT2D eigenvalue weighted by Gasteiger charge is 2.21. The van der Waals surface area contributed by atoms with Crippen molar-refractivity contribution < 1.29 is 0 Å². The second-order valence-electron chi connectivity index (χ2n) is 15.0. The summed E-state index contributed by atoms with van der Waals surface area (Å²) in [5, 5.41) is 3.58. The second-order valence-corrected chi connectivity index (χ2v) is 15.0. The van der Waals surface area contributed by atoms with Crippen LogP contribution in [0.3, 0.4) is 0 Å². The normalized spacial score (nSPS) is 11.4. The molecule has 2 heterocycles. The van der Waals surface area contributed by atoms with Gasteiger partial charge in [-0.3, -0.25) is 0 Å². The maximum atomic E-state index is 5.39. The average molecular weight is 752 g/mol. The highest BCUT2D eigenvalue weighted by Crippen LogP contribution is 2.40. The number of aromatic nitrogens is 3. The molecule has 0 atom stereocenters. The molecule has 11 rings (SSSR count). The van der Waals surface area contributed by atoms with Crippen LogP contribution in [0.2, 0.25) is 0 Å². The van der Waals surface area contributed by atoms with Crippen LogP contribution in [-0.2, 0) is 0 Å². The summed E-state index contributed by atoms with van der Waals surface area (Å²) in [5.41, 5.74) is 16.4. The van der Waals surface area contributed by atoms with Crippen LogP contribution in [0, 0.1) is 0 Å². The first kappa shape index (κ1) is 34.4. The maximum absolute atomic E-state index is 5.39. The molecule has 0 aliphatic heterocycles. The highest BCUT2D eigenvalue weighted by atomic mass is 15.0. The maximum Gasteiger partial charge on any atom is 0.160 e. The number of nitrogens with zero attached hydrogens (tertiary/aromatic N) is 3. The minimum Gasteiger partial charge on any atom is -0.306 e. The zero-order valence-corrected chi connectivity index (χ0v) is 32.2. The Morgan fingerprint density at radius 3 is 1.56 bits per heavy atom. The van der Waals surface area contributed by atoms with Gasteiger partial charge < -0.3 is 4.57 Å². The first-order valence-electron chi connectivity index (χ1n) is 20.1. The van der Waals surface area contributed by atoms with E-state index in [0.29, 0.717) is 5.82 Å². The largest absolute Gasteiger partial charge is 0.306 e. The van der Waals surface area contributed by atoms with Gasteiger partial charge in [-0.1, -0.05) is 176 Å². The lowest BCUT2D eigenvalue weighted by atomic mass is 9.90. The Labute approximate surface area is 343 Å². The summed E-state index contributed by atoms with van der Waals surface area (Å²) in [7, 11) is 0. The molecule has 0 amide bonds. The summed E-state index contributed by atoms with van der Waals surface area (Å²) in [5.74, 6) is 0.695. The first-order chi connectivity index (χ1) is 29.2. The fraction of sp³-hybridized carbons (Fsp3) is 0. The van der Waals surface area contributed by atoms with E-state index < -0.39 is 0 Å². The molecule has 0 fully saturated rings. The summed E-state index contributed by atoms with van der Waals surface area (Å²) in [6.07, 6.45) is 0. The molecule has 0 bridgehead atoms. The Morgan fingerprint density at radius 2 is 0.814 bits per heavy atom. The van der Waals surface area contributed by atoms with Crippen LogP contribution in [-0.4, -0.2) is 14.5 Å². The molecule has 0 aliphatic carbocycles. The first-order valence-corrected chi connectivity index (χ1v) is 20.1. The van der Waals surface area contributed by atoms with Crippen LogP contribution in [0.5, 0.6) is 0 Å². The number of rotatable bonds is 7. The smallest absolute Gasteiger partial charge is 0.160 e. The Hall–Kier alpha value is -7.88. The zero-order valence-electron chi connectivity index (χ0n) is 32.2. The van der Waals surface area contributed by atoms with Crippen molar-refractivity contribution in [1.82, 2.24) is 14.5 Å². The van der Waals surface area contributed by atoms with Crippen molar-refractivity contribution in [3.05, 3.63) is 224 Å². The van der Waals surface area contributed by atoms with Crippen molar-refractivity contribution in [3.8, 4) is 72.8 Å². The standard InChI is InChI=1S/C56H37N3/c1-4-17-38(18-5-1)45-35-46(37-47(36-45)50-31-16-22-39-19-10-11-29-49(39)50)43-25-14-23-41(33-43)42-24-15-26-44(34-42)56-57-53(40-20-6-2-7-21-40)55-54(58-56)51-30-12-13-32-52(51)59(55)48-27-8-3-9-28-48/h1-37H. The van der Waals surface area contributed by atoms with E-state index in [0.717, 1.165) is 61.1 Å². The van der Waals surface area contributed by atoms with Crippen LogP contribution in [0.25, 0.3) is 106 Å². The highest BCUT2D eigenvalue weighted by molar-refractivity contribution is 6.11. The van der Waals surface area contributed by atoms with Crippen LogP contribution < -0.4 is 0 Å². The van der Waals surface area contributed by atoms with Gasteiger partial charge in [0.2, 0.25) is 0 Å². The van der Waals surface area contributed by atoms with Crippen LogP contribution in [0.1, 0.15) is 0 Å². The molecular formula is C56H37N3. The van der Waals surface area contributed by atoms with Gasteiger partial charge in [-0.25, -0.2) is 9.97 Å². The van der Waals surface area contributed by atoms with E-state index in [-0.39, 0.29) is 0 Å². The van der Waals surface area contributed by atoms with E-state index in [2.05, 4.69) is 229 Å². The third-order valence-electron chi connectivity index (χ3n) is 11.4. The van der Waals surface area contributed by atoms with Crippen molar-refractivity contribution in [2.24, 2.45) is 0 Å².